The van der Waals surface area contributed by atoms with E-state index in [1.807, 2.05) is 31.2 Å². The van der Waals surface area contributed by atoms with Gasteiger partial charge in [-0.1, -0.05) is 37.3 Å². The van der Waals surface area contributed by atoms with Crippen LogP contribution in [-0.4, -0.2) is 44.1 Å². The topological polar surface area (TPSA) is 65.1 Å². The zero-order valence-corrected chi connectivity index (χ0v) is 18.0. The number of methoxy groups -OCH3 is 1. The van der Waals surface area contributed by atoms with Crippen LogP contribution in [0.4, 0.5) is 0 Å². The van der Waals surface area contributed by atoms with Crippen molar-refractivity contribution in [3.8, 4) is 11.5 Å². The highest BCUT2D eigenvalue weighted by Crippen LogP contribution is 2.28. The van der Waals surface area contributed by atoms with Crippen LogP contribution >= 0.6 is 0 Å². The van der Waals surface area contributed by atoms with Gasteiger partial charge in [-0.2, -0.15) is 0 Å². The van der Waals surface area contributed by atoms with Crippen LogP contribution in [0.5, 0.6) is 11.5 Å². The third-order valence-electron chi connectivity index (χ3n) is 4.51. The van der Waals surface area contributed by atoms with Crippen LogP contribution in [0, 0.1) is 0 Å². The molecule has 0 fully saturated rings. The average molecular weight is 411 g/mol. The number of amides is 1. The summed E-state index contributed by atoms with van der Waals surface area (Å²) >= 11 is 0. The van der Waals surface area contributed by atoms with E-state index in [1.54, 1.807) is 38.4 Å². The van der Waals surface area contributed by atoms with E-state index in [4.69, 9.17) is 14.2 Å². The Morgan fingerprint density at radius 2 is 1.70 bits per heavy atom. The molecule has 2 aromatic carbocycles. The van der Waals surface area contributed by atoms with Gasteiger partial charge in [0.05, 0.1) is 13.7 Å². The maximum atomic E-state index is 12.2. The number of ether oxygens (including phenoxy) is 3. The number of likely N-dealkylation sites (N-methyl/N-ethyl adjacent to an activating group) is 1. The second kappa shape index (κ2) is 11.7. The van der Waals surface area contributed by atoms with Crippen molar-refractivity contribution in [2.45, 2.75) is 26.8 Å². The Bertz CT molecular complexity index is 874. The molecule has 6 nitrogen and oxygen atoms in total. The molecule has 160 valence electrons. The van der Waals surface area contributed by atoms with Crippen LogP contribution in [0.15, 0.2) is 48.5 Å². The number of rotatable bonds is 10. The van der Waals surface area contributed by atoms with Gasteiger partial charge in [-0.3, -0.25) is 4.79 Å². The molecule has 0 unspecified atom stereocenters. The zero-order chi connectivity index (χ0) is 21.9. The van der Waals surface area contributed by atoms with E-state index in [9.17, 15) is 9.59 Å². The Morgan fingerprint density at radius 3 is 2.33 bits per heavy atom. The molecule has 0 aliphatic rings. The van der Waals surface area contributed by atoms with Crippen LogP contribution in [-0.2, 0) is 27.3 Å². The number of benzene rings is 2. The number of esters is 1. The van der Waals surface area contributed by atoms with Gasteiger partial charge in [0, 0.05) is 19.7 Å². The SMILES string of the molecule is CCOc1ccc(/C=C/C(=O)OCC(=O)N(C)Cc2ccc(CC)cc2)cc1OC. The van der Waals surface area contributed by atoms with Gasteiger partial charge >= 0.3 is 5.97 Å². The lowest BCUT2D eigenvalue weighted by Gasteiger charge is -2.17. The van der Waals surface area contributed by atoms with Crippen LogP contribution in [0.25, 0.3) is 6.08 Å². The van der Waals surface area contributed by atoms with Crippen LogP contribution in [0.2, 0.25) is 0 Å². The maximum Gasteiger partial charge on any atom is 0.331 e. The summed E-state index contributed by atoms with van der Waals surface area (Å²) in [7, 11) is 3.24. The summed E-state index contributed by atoms with van der Waals surface area (Å²) in [6, 6.07) is 13.4. The number of aryl methyl sites for hydroxylation is 1. The van der Waals surface area contributed by atoms with Crippen molar-refractivity contribution in [1.82, 2.24) is 4.90 Å². The molecule has 1 amide bonds. The molecule has 0 spiro atoms. The van der Waals surface area contributed by atoms with Crippen molar-refractivity contribution in [3.05, 3.63) is 65.2 Å². The number of nitrogens with zero attached hydrogens (tertiary/aromatic N) is 1. The van der Waals surface area contributed by atoms with E-state index < -0.39 is 5.97 Å². The summed E-state index contributed by atoms with van der Waals surface area (Å²) in [5, 5.41) is 0. The van der Waals surface area contributed by atoms with Crippen LogP contribution in [0.1, 0.15) is 30.5 Å². The van der Waals surface area contributed by atoms with E-state index in [2.05, 4.69) is 6.92 Å². The fourth-order valence-electron chi connectivity index (χ4n) is 2.76. The fraction of sp³-hybridized carbons (Fsp3) is 0.333. The van der Waals surface area contributed by atoms with Gasteiger partial charge in [0.1, 0.15) is 0 Å². The van der Waals surface area contributed by atoms with E-state index in [1.165, 1.54) is 16.5 Å². The van der Waals surface area contributed by atoms with Crippen molar-refractivity contribution in [3.63, 3.8) is 0 Å². The molecule has 30 heavy (non-hydrogen) atoms. The smallest absolute Gasteiger partial charge is 0.331 e. The van der Waals surface area contributed by atoms with Gasteiger partial charge < -0.3 is 19.1 Å². The quantitative estimate of drug-likeness (QED) is 0.439. The first kappa shape index (κ1) is 23.0. The Labute approximate surface area is 178 Å². The van der Waals surface area contributed by atoms with Gasteiger partial charge in [0.2, 0.25) is 0 Å². The van der Waals surface area contributed by atoms with Crippen LogP contribution < -0.4 is 9.47 Å². The second-order valence-electron chi connectivity index (χ2n) is 6.70. The lowest BCUT2D eigenvalue weighted by Crippen LogP contribution is -2.30. The summed E-state index contributed by atoms with van der Waals surface area (Å²) in [5.74, 6) is 0.366. The summed E-state index contributed by atoms with van der Waals surface area (Å²) in [6.07, 6.45) is 3.86. The molecule has 0 aromatic heterocycles. The predicted molar refractivity (Wildman–Crippen MR) is 116 cm³/mol. The molecule has 2 aromatic rings. The third-order valence-corrected chi connectivity index (χ3v) is 4.51. The second-order valence-corrected chi connectivity index (χ2v) is 6.70. The van der Waals surface area contributed by atoms with Crippen molar-refractivity contribution in [1.29, 1.82) is 0 Å². The highest BCUT2D eigenvalue weighted by atomic mass is 16.5. The Morgan fingerprint density at radius 1 is 1.00 bits per heavy atom. The minimum absolute atomic E-state index is 0.265. The summed E-state index contributed by atoms with van der Waals surface area (Å²) in [4.78, 5) is 25.7. The van der Waals surface area contributed by atoms with Gasteiger partial charge in [-0.25, -0.2) is 4.79 Å². The fourth-order valence-corrected chi connectivity index (χ4v) is 2.76. The molecule has 0 saturated heterocycles. The highest BCUT2D eigenvalue weighted by molar-refractivity contribution is 5.89. The molecule has 6 heteroatoms. The first-order chi connectivity index (χ1) is 14.5. The summed E-state index contributed by atoms with van der Waals surface area (Å²) in [5.41, 5.74) is 3.03. The molecule has 0 saturated carbocycles. The van der Waals surface area contributed by atoms with E-state index >= 15 is 0 Å². The molecule has 2 rings (SSSR count). The van der Waals surface area contributed by atoms with Crippen LogP contribution in [0.3, 0.4) is 0 Å². The normalized spacial score (nSPS) is 10.7. The van der Waals surface area contributed by atoms with Gasteiger partial charge in [0.15, 0.2) is 18.1 Å². The van der Waals surface area contributed by atoms with E-state index in [0.717, 1.165) is 17.5 Å². The highest BCUT2D eigenvalue weighted by Gasteiger charge is 2.11. The zero-order valence-electron chi connectivity index (χ0n) is 18.0. The monoisotopic (exact) mass is 411 g/mol. The molecule has 0 atom stereocenters. The molecule has 0 N–H and O–H groups in total. The molecule has 0 bridgehead atoms. The first-order valence-electron chi connectivity index (χ1n) is 9.94. The molecular weight excluding hydrogens is 382 g/mol. The van der Waals surface area contributed by atoms with E-state index in [-0.39, 0.29) is 12.5 Å². The number of hydrogen-bond donors (Lipinski definition) is 0. The molecule has 0 heterocycles. The molecule has 0 aliphatic carbocycles. The van der Waals surface area contributed by atoms with Crippen molar-refractivity contribution >= 4 is 18.0 Å². The summed E-state index contributed by atoms with van der Waals surface area (Å²) < 4.78 is 15.8. The average Bonchev–Trinajstić information content (AvgIpc) is 2.77. The standard InChI is InChI=1S/C24H29NO5/c1-5-18-7-9-20(10-8-18)16-25(3)23(26)17-30-24(27)14-12-19-11-13-21(29-6-2)22(15-19)28-4/h7-15H,5-6,16-17H2,1-4H3/b14-12+. The van der Waals surface area contributed by atoms with E-state index in [0.29, 0.717) is 24.7 Å². The van der Waals surface area contributed by atoms with Crippen molar-refractivity contribution < 1.29 is 23.8 Å². The number of carbonyl (C=O) groups is 2. The minimum Gasteiger partial charge on any atom is -0.493 e. The Balaban J connectivity index is 1.84. The Kier molecular flexibility index (Phi) is 8.94. The summed E-state index contributed by atoms with van der Waals surface area (Å²) in [6.45, 7) is 4.68. The van der Waals surface area contributed by atoms with Gasteiger partial charge in [-0.15, -0.1) is 0 Å². The van der Waals surface area contributed by atoms with Gasteiger partial charge in [-0.05, 0) is 48.2 Å². The minimum atomic E-state index is -0.586. The lowest BCUT2D eigenvalue weighted by molar-refractivity contribution is -0.147. The molecular formula is C24H29NO5. The predicted octanol–water partition coefficient (Wildman–Crippen LogP) is 3.87. The molecule has 0 aliphatic heterocycles. The lowest BCUT2D eigenvalue weighted by atomic mass is 10.1. The maximum absolute atomic E-state index is 12.2. The van der Waals surface area contributed by atoms with Crippen molar-refractivity contribution in [2.24, 2.45) is 0 Å². The first-order valence-corrected chi connectivity index (χ1v) is 9.94. The molecule has 0 radical (unpaired) electrons. The largest absolute Gasteiger partial charge is 0.493 e. The Hall–Kier alpha value is -3.28. The number of carbonyl (C=O) groups excluding carboxylic acids is 2. The third kappa shape index (κ3) is 6.95. The van der Waals surface area contributed by atoms with Crippen molar-refractivity contribution in [2.75, 3.05) is 27.4 Å². The van der Waals surface area contributed by atoms with Gasteiger partial charge in [0.25, 0.3) is 5.91 Å². The number of hydrogen-bond acceptors (Lipinski definition) is 5.